The Morgan fingerprint density at radius 1 is 1.56 bits per heavy atom. The van der Waals surface area contributed by atoms with Gasteiger partial charge in [-0.2, -0.15) is 0 Å². The average molecular weight is 225 g/mol. The second-order valence-corrected chi connectivity index (χ2v) is 3.40. The largest absolute Gasteiger partial charge is 0.496 e. The van der Waals surface area contributed by atoms with Gasteiger partial charge in [-0.15, -0.1) is 0 Å². The minimum atomic E-state index is -0.969. The number of para-hydroxylation sites is 1. The lowest BCUT2D eigenvalue weighted by Gasteiger charge is -2.16. The molecule has 0 radical (unpaired) electrons. The van der Waals surface area contributed by atoms with Gasteiger partial charge in [-0.1, -0.05) is 18.2 Å². The minimum absolute atomic E-state index is 0.170. The molecule has 1 aromatic carbocycles. The summed E-state index contributed by atoms with van der Waals surface area (Å²) in [6.07, 6.45) is -0.175. The number of benzene rings is 1. The fourth-order valence-corrected chi connectivity index (χ4v) is 1.57. The highest BCUT2D eigenvalue weighted by atomic mass is 16.5. The standard InChI is InChI=1S/C11H15NO4/c1-16-11-7(6-13)3-2-4-8(11)9(12)5-10(14)15/h2-4,9,13H,5-6,12H2,1H3,(H,14,15). The van der Waals surface area contributed by atoms with Crippen LogP contribution in [0.1, 0.15) is 23.6 Å². The molecule has 0 heterocycles. The summed E-state index contributed by atoms with van der Waals surface area (Å²) in [5.74, 6) is -0.511. The number of aliphatic hydroxyl groups excluding tert-OH is 1. The molecule has 0 aliphatic heterocycles. The van der Waals surface area contributed by atoms with Crippen LogP contribution < -0.4 is 10.5 Å². The van der Waals surface area contributed by atoms with Crippen molar-refractivity contribution in [3.05, 3.63) is 29.3 Å². The van der Waals surface area contributed by atoms with Crippen LogP contribution in [0.5, 0.6) is 5.75 Å². The number of aliphatic carboxylic acids is 1. The molecule has 1 atom stereocenters. The zero-order valence-electron chi connectivity index (χ0n) is 9.01. The summed E-state index contributed by atoms with van der Waals surface area (Å²) in [5.41, 5.74) is 6.95. The predicted octanol–water partition coefficient (Wildman–Crippen LogP) is 0.662. The molecular formula is C11H15NO4. The molecule has 0 spiro atoms. The van der Waals surface area contributed by atoms with E-state index >= 15 is 0 Å². The van der Waals surface area contributed by atoms with Gasteiger partial charge in [0.2, 0.25) is 0 Å². The lowest BCUT2D eigenvalue weighted by Crippen LogP contribution is -2.16. The van der Waals surface area contributed by atoms with E-state index in [1.807, 2.05) is 0 Å². The number of ether oxygens (including phenoxy) is 1. The molecule has 5 heteroatoms. The van der Waals surface area contributed by atoms with Crippen LogP contribution in [0.25, 0.3) is 0 Å². The van der Waals surface area contributed by atoms with Crippen molar-refractivity contribution in [1.29, 1.82) is 0 Å². The Balaban J connectivity index is 3.07. The highest BCUT2D eigenvalue weighted by Crippen LogP contribution is 2.29. The summed E-state index contributed by atoms with van der Waals surface area (Å²) in [7, 11) is 1.46. The monoisotopic (exact) mass is 225 g/mol. The topological polar surface area (TPSA) is 92.8 Å². The second-order valence-electron chi connectivity index (χ2n) is 3.40. The Bertz CT molecular complexity index is 378. The van der Waals surface area contributed by atoms with Crippen LogP contribution in [-0.4, -0.2) is 23.3 Å². The third-order valence-corrected chi connectivity index (χ3v) is 2.30. The van der Waals surface area contributed by atoms with Gasteiger partial charge < -0.3 is 20.7 Å². The summed E-state index contributed by atoms with van der Waals surface area (Å²) in [6, 6.07) is 4.48. The van der Waals surface area contributed by atoms with Gasteiger partial charge in [0.25, 0.3) is 0 Å². The number of aliphatic hydroxyl groups is 1. The Labute approximate surface area is 93.5 Å². The zero-order chi connectivity index (χ0) is 12.1. The van der Waals surface area contributed by atoms with Gasteiger partial charge in [0.15, 0.2) is 0 Å². The summed E-state index contributed by atoms with van der Waals surface area (Å²) >= 11 is 0. The number of hydrogen-bond donors (Lipinski definition) is 3. The smallest absolute Gasteiger partial charge is 0.305 e. The maximum Gasteiger partial charge on any atom is 0.305 e. The van der Waals surface area contributed by atoms with E-state index in [-0.39, 0.29) is 13.0 Å². The Hall–Kier alpha value is -1.59. The molecule has 1 unspecified atom stereocenters. The van der Waals surface area contributed by atoms with E-state index in [2.05, 4.69) is 0 Å². The van der Waals surface area contributed by atoms with E-state index in [4.69, 9.17) is 20.7 Å². The number of methoxy groups -OCH3 is 1. The first-order valence-corrected chi connectivity index (χ1v) is 4.84. The van der Waals surface area contributed by atoms with Gasteiger partial charge >= 0.3 is 5.97 Å². The van der Waals surface area contributed by atoms with Crippen LogP contribution in [0.4, 0.5) is 0 Å². The lowest BCUT2D eigenvalue weighted by atomic mass is 10.0. The van der Waals surface area contributed by atoms with Crippen molar-refractivity contribution in [3.8, 4) is 5.75 Å². The van der Waals surface area contributed by atoms with E-state index in [0.717, 1.165) is 0 Å². The quantitative estimate of drug-likeness (QED) is 0.684. The molecule has 0 aliphatic carbocycles. The molecule has 0 aromatic heterocycles. The van der Waals surface area contributed by atoms with E-state index in [9.17, 15) is 4.79 Å². The van der Waals surface area contributed by atoms with Crippen molar-refractivity contribution in [2.45, 2.75) is 19.1 Å². The summed E-state index contributed by atoms with van der Waals surface area (Å²) in [6.45, 7) is -0.170. The van der Waals surface area contributed by atoms with Crippen molar-refractivity contribution in [3.63, 3.8) is 0 Å². The van der Waals surface area contributed by atoms with E-state index in [0.29, 0.717) is 16.9 Å². The summed E-state index contributed by atoms with van der Waals surface area (Å²) in [5, 5.41) is 17.8. The van der Waals surface area contributed by atoms with E-state index in [1.165, 1.54) is 7.11 Å². The van der Waals surface area contributed by atoms with Crippen LogP contribution in [0.15, 0.2) is 18.2 Å². The molecule has 0 bridgehead atoms. The van der Waals surface area contributed by atoms with Gasteiger partial charge in [0, 0.05) is 17.2 Å². The molecule has 16 heavy (non-hydrogen) atoms. The maximum atomic E-state index is 10.6. The Kier molecular flexibility index (Phi) is 4.28. The van der Waals surface area contributed by atoms with Crippen LogP contribution in [-0.2, 0) is 11.4 Å². The maximum absolute atomic E-state index is 10.6. The first-order chi connectivity index (χ1) is 7.60. The number of carboxylic acids is 1. The number of rotatable bonds is 5. The van der Waals surface area contributed by atoms with Crippen molar-refractivity contribution in [2.75, 3.05) is 7.11 Å². The second kappa shape index (κ2) is 5.48. The zero-order valence-corrected chi connectivity index (χ0v) is 9.01. The number of carbonyl (C=O) groups is 1. The van der Waals surface area contributed by atoms with Gasteiger partial charge in [-0.05, 0) is 0 Å². The minimum Gasteiger partial charge on any atom is -0.496 e. The van der Waals surface area contributed by atoms with Gasteiger partial charge in [-0.3, -0.25) is 4.79 Å². The molecule has 0 aliphatic rings. The lowest BCUT2D eigenvalue weighted by molar-refractivity contribution is -0.137. The first-order valence-electron chi connectivity index (χ1n) is 4.84. The van der Waals surface area contributed by atoms with Crippen LogP contribution in [0.2, 0.25) is 0 Å². The highest BCUT2D eigenvalue weighted by Gasteiger charge is 2.17. The molecule has 1 aromatic rings. The fraction of sp³-hybridized carbons (Fsp3) is 0.364. The van der Waals surface area contributed by atoms with Crippen molar-refractivity contribution < 1.29 is 19.7 Å². The molecular weight excluding hydrogens is 210 g/mol. The van der Waals surface area contributed by atoms with Gasteiger partial charge in [0.1, 0.15) is 5.75 Å². The van der Waals surface area contributed by atoms with E-state index in [1.54, 1.807) is 18.2 Å². The molecule has 4 N–H and O–H groups in total. The molecule has 0 saturated carbocycles. The highest BCUT2D eigenvalue weighted by molar-refractivity contribution is 5.68. The van der Waals surface area contributed by atoms with Gasteiger partial charge in [-0.25, -0.2) is 0 Å². The van der Waals surface area contributed by atoms with Crippen molar-refractivity contribution in [1.82, 2.24) is 0 Å². The summed E-state index contributed by atoms with van der Waals surface area (Å²) in [4.78, 5) is 10.6. The summed E-state index contributed by atoms with van der Waals surface area (Å²) < 4.78 is 5.14. The third-order valence-electron chi connectivity index (χ3n) is 2.30. The fourth-order valence-electron chi connectivity index (χ4n) is 1.57. The molecule has 88 valence electrons. The molecule has 0 fully saturated rings. The van der Waals surface area contributed by atoms with Crippen molar-refractivity contribution in [2.24, 2.45) is 5.73 Å². The molecule has 5 nitrogen and oxygen atoms in total. The number of hydrogen-bond acceptors (Lipinski definition) is 4. The molecule has 1 rings (SSSR count). The van der Waals surface area contributed by atoms with Gasteiger partial charge in [0.05, 0.1) is 20.1 Å². The van der Waals surface area contributed by atoms with E-state index < -0.39 is 12.0 Å². The molecule has 0 amide bonds. The average Bonchev–Trinajstić information content (AvgIpc) is 2.26. The first kappa shape index (κ1) is 12.5. The van der Waals surface area contributed by atoms with Crippen LogP contribution >= 0.6 is 0 Å². The Morgan fingerprint density at radius 3 is 2.75 bits per heavy atom. The van der Waals surface area contributed by atoms with Crippen molar-refractivity contribution >= 4 is 5.97 Å². The van der Waals surface area contributed by atoms with Crippen LogP contribution in [0, 0.1) is 0 Å². The van der Waals surface area contributed by atoms with Crippen LogP contribution in [0.3, 0.4) is 0 Å². The normalized spacial score (nSPS) is 12.2. The number of carboxylic acid groups (broad SMARTS) is 1. The SMILES string of the molecule is COc1c(CO)cccc1C(N)CC(=O)O. The predicted molar refractivity (Wildman–Crippen MR) is 58.1 cm³/mol. The third kappa shape index (κ3) is 2.71. The molecule has 0 saturated heterocycles. The number of nitrogens with two attached hydrogens (primary N) is 1. The Morgan fingerprint density at radius 2 is 2.25 bits per heavy atom.